The van der Waals surface area contributed by atoms with Gasteiger partial charge in [0.1, 0.15) is 0 Å². The highest BCUT2D eigenvalue weighted by molar-refractivity contribution is 5.87. The van der Waals surface area contributed by atoms with Gasteiger partial charge in [-0.3, -0.25) is 0 Å². The minimum atomic E-state index is -0.0411. The van der Waals surface area contributed by atoms with Crippen molar-refractivity contribution in [1.82, 2.24) is 0 Å². The van der Waals surface area contributed by atoms with E-state index in [-0.39, 0.29) is 10.8 Å². The normalized spacial score (nSPS) is 14.7. The highest BCUT2D eigenvalue weighted by atomic mass is 15.1. The van der Waals surface area contributed by atoms with Crippen molar-refractivity contribution in [2.75, 3.05) is 4.90 Å². The molecule has 0 N–H and O–H groups in total. The van der Waals surface area contributed by atoms with Gasteiger partial charge in [0.15, 0.2) is 0 Å². The summed E-state index contributed by atoms with van der Waals surface area (Å²) in [6, 6.07) is 60.4. The molecule has 56 heavy (non-hydrogen) atoms. The van der Waals surface area contributed by atoms with Crippen molar-refractivity contribution in [2.45, 2.75) is 45.4 Å². The topological polar surface area (TPSA) is 3.24 Å². The molecule has 1 heteroatoms. The molecule has 2 aliphatic carbocycles. The van der Waals surface area contributed by atoms with Gasteiger partial charge in [-0.15, -0.1) is 0 Å². The molecule has 0 radical (unpaired) electrons. The van der Waals surface area contributed by atoms with Crippen LogP contribution in [-0.4, -0.2) is 0 Å². The molecular weight excluding hydrogens is 675 g/mol. The van der Waals surface area contributed by atoms with E-state index < -0.39 is 0 Å². The van der Waals surface area contributed by atoms with Crippen molar-refractivity contribution < 1.29 is 0 Å². The molecule has 0 bridgehead atoms. The predicted octanol–water partition coefficient (Wildman–Crippen LogP) is 14.9. The molecule has 0 fully saturated rings. The molecule has 7 aromatic carbocycles. The van der Waals surface area contributed by atoms with Crippen molar-refractivity contribution >= 4 is 16.9 Å². The van der Waals surface area contributed by atoms with Crippen molar-refractivity contribution in [1.29, 1.82) is 0 Å². The number of fused-ring (bicyclic) bond motifs is 6. The maximum Gasteiger partial charge on any atom is 0.0458 e. The highest BCUT2D eigenvalue weighted by Gasteiger charge is 2.36. The molecule has 0 unspecified atom stereocenters. The van der Waals surface area contributed by atoms with Gasteiger partial charge in [0, 0.05) is 33.5 Å². The molecule has 0 spiro atoms. The summed E-state index contributed by atoms with van der Waals surface area (Å²) in [6.07, 6.45) is 6.04. The van der Waals surface area contributed by atoms with E-state index in [1.807, 2.05) is 12.2 Å². The lowest BCUT2D eigenvalue weighted by atomic mass is 9.81. The minimum Gasteiger partial charge on any atom is -0.314 e. The largest absolute Gasteiger partial charge is 0.314 e. The van der Waals surface area contributed by atoms with Crippen molar-refractivity contribution in [3.05, 3.63) is 222 Å². The van der Waals surface area contributed by atoms with Gasteiger partial charge in [0.2, 0.25) is 0 Å². The van der Waals surface area contributed by atoms with Crippen LogP contribution in [0.3, 0.4) is 0 Å². The molecule has 9 rings (SSSR count). The molecule has 0 heterocycles. The summed E-state index contributed by atoms with van der Waals surface area (Å²) in [6.45, 7) is 15.6. The van der Waals surface area contributed by atoms with E-state index in [1.165, 1.54) is 66.8 Å². The van der Waals surface area contributed by atoms with E-state index in [9.17, 15) is 0 Å². The Morgan fingerprint density at radius 3 is 1.34 bits per heavy atom. The number of hydrogen-bond acceptors (Lipinski definition) is 1. The van der Waals surface area contributed by atoms with Gasteiger partial charge in [-0.1, -0.05) is 180 Å². The summed E-state index contributed by atoms with van der Waals surface area (Å²) in [5.41, 5.74) is 21.4. The average Bonchev–Trinajstić information content (AvgIpc) is 3.61. The van der Waals surface area contributed by atoms with E-state index in [0.29, 0.717) is 0 Å². The van der Waals surface area contributed by atoms with Crippen LogP contribution in [0.15, 0.2) is 194 Å². The second-order valence-electron chi connectivity index (χ2n) is 16.3. The third kappa shape index (κ3) is 5.78. The van der Waals surface area contributed by atoms with Crippen molar-refractivity contribution in [2.24, 2.45) is 0 Å². The van der Waals surface area contributed by atoms with E-state index in [4.69, 9.17) is 0 Å². The van der Waals surface area contributed by atoms with Crippen LogP contribution < -0.4 is 4.90 Å². The summed E-state index contributed by atoms with van der Waals surface area (Å²) >= 11 is 0. The fourth-order valence-electron chi connectivity index (χ4n) is 9.24. The van der Waals surface area contributed by atoms with Crippen LogP contribution in [0.4, 0.5) is 11.4 Å². The smallest absolute Gasteiger partial charge is 0.0458 e. The van der Waals surface area contributed by atoms with Gasteiger partial charge in [-0.05, 0) is 116 Å². The molecule has 0 saturated heterocycles. The lowest BCUT2D eigenvalue weighted by molar-refractivity contribution is 0.660. The molecule has 0 amide bonds. The summed E-state index contributed by atoms with van der Waals surface area (Å²) in [5.74, 6) is 0. The zero-order valence-corrected chi connectivity index (χ0v) is 33.0. The van der Waals surface area contributed by atoms with Crippen LogP contribution in [0.25, 0.3) is 50.1 Å². The number of allylic oxidation sites excluding steroid dienone is 5. The van der Waals surface area contributed by atoms with Crippen LogP contribution in [0.2, 0.25) is 0 Å². The van der Waals surface area contributed by atoms with Crippen LogP contribution in [0, 0.1) is 0 Å². The SMILES string of the molecule is C=C/C=C\C(=C(/C)N(c1ccc(-c2ccc3c(c2)C(C)(C)c2ccccc2-3)cc1)c1ccc(-c2ccc3c(c2)C(C)(C)c2ccccc2-3)cc1)c1ccccc1. The second kappa shape index (κ2) is 13.7. The molecule has 0 saturated carbocycles. The molecule has 272 valence electrons. The molecule has 0 aliphatic heterocycles. The third-order valence-electron chi connectivity index (χ3n) is 12.3. The number of rotatable bonds is 8. The van der Waals surface area contributed by atoms with Crippen LogP contribution in [0.5, 0.6) is 0 Å². The summed E-state index contributed by atoms with van der Waals surface area (Å²) in [4.78, 5) is 2.38. The Morgan fingerprint density at radius 1 is 0.464 bits per heavy atom. The van der Waals surface area contributed by atoms with Crippen LogP contribution >= 0.6 is 0 Å². The monoisotopic (exact) mass is 721 g/mol. The standard InChI is InChI=1S/C55H47N/c1-7-8-18-45(40-16-10-9-11-17-40)37(2)56(43-29-23-38(24-30-43)41-27-33-48-46-19-12-14-21-50(46)54(3,4)52(48)35-41)44-31-25-39(26-32-44)42-28-34-49-47-20-13-15-22-51(47)55(5,6)53(49)36-42/h7-36H,1H2,2-6H3/b18-8-,45-37-. The Balaban J connectivity index is 1.11. The fourth-order valence-corrected chi connectivity index (χ4v) is 9.24. The Morgan fingerprint density at radius 2 is 0.875 bits per heavy atom. The van der Waals surface area contributed by atoms with Gasteiger partial charge in [-0.2, -0.15) is 0 Å². The van der Waals surface area contributed by atoms with E-state index in [2.05, 4.69) is 216 Å². The first kappa shape index (κ1) is 35.3. The maximum absolute atomic E-state index is 3.99. The number of hydrogen-bond donors (Lipinski definition) is 0. The summed E-state index contributed by atoms with van der Waals surface area (Å²) in [5, 5.41) is 0. The third-order valence-corrected chi connectivity index (χ3v) is 12.3. The Hall–Kier alpha value is -6.44. The zero-order chi connectivity index (χ0) is 38.6. The van der Waals surface area contributed by atoms with Crippen molar-refractivity contribution in [3.63, 3.8) is 0 Å². The molecule has 0 atom stereocenters. The quantitative estimate of drug-likeness (QED) is 0.141. The Kier molecular flexibility index (Phi) is 8.63. The minimum absolute atomic E-state index is 0.0411. The van der Waals surface area contributed by atoms with E-state index >= 15 is 0 Å². The predicted molar refractivity (Wildman–Crippen MR) is 239 cm³/mol. The van der Waals surface area contributed by atoms with Crippen molar-refractivity contribution in [3.8, 4) is 44.5 Å². The highest BCUT2D eigenvalue weighted by Crippen LogP contribution is 2.51. The Labute approximate surface area is 332 Å². The fraction of sp³-hybridized carbons (Fsp3) is 0.127. The summed E-state index contributed by atoms with van der Waals surface area (Å²) in [7, 11) is 0. The Bertz CT molecular complexity index is 2530. The second-order valence-corrected chi connectivity index (χ2v) is 16.3. The lowest BCUT2D eigenvalue weighted by Crippen LogP contribution is -2.16. The number of nitrogens with zero attached hydrogens (tertiary/aromatic N) is 1. The van der Waals surface area contributed by atoms with Crippen LogP contribution in [-0.2, 0) is 10.8 Å². The van der Waals surface area contributed by atoms with Gasteiger partial charge < -0.3 is 4.90 Å². The molecule has 0 aromatic heterocycles. The van der Waals surface area contributed by atoms with Gasteiger partial charge in [-0.25, -0.2) is 0 Å². The van der Waals surface area contributed by atoms with E-state index in [0.717, 1.165) is 28.2 Å². The first-order valence-electron chi connectivity index (χ1n) is 19.7. The average molecular weight is 722 g/mol. The molecule has 2 aliphatic rings. The van der Waals surface area contributed by atoms with E-state index in [1.54, 1.807) is 0 Å². The zero-order valence-electron chi connectivity index (χ0n) is 33.0. The van der Waals surface area contributed by atoms with Gasteiger partial charge in [0.05, 0.1) is 0 Å². The maximum atomic E-state index is 3.99. The van der Waals surface area contributed by atoms with Gasteiger partial charge >= 0.3 is 0 Å². The molecule has 1 nitrogen and oxygen atoms in total. The number of benzene rings is 7. The first-order valence-corrected chi connectivity index (χ1v) is 19.7. The first-order chi connectivity index (χ1) is 27.2. The molecular formula is C55H47N. The number of anilines is 2. The van der Waals surface area contributed by atoms with Crippen LogP contribution in [0.1, 0.15) is 62.4 Å². The molecule has 7 aromatic rings. The summed E-state index contributed by atoms with van der Waals surface area (Å²) < 4.78 is 0. The van der Waals surface area contributed by atoms with Gasteiger partial charge in [0.25, 0.3) is 0 Å². The lowest BCUT2D eigenvalue weighted by Gasteiger charge is -2.28.